The zero-order valence-electron chi connectivity index (χ0n) is 22.8. The van der Waals surface area contributed by atoms with Gasteiger partial charge in [0.25, 0.3) is 11.8 Å². The van der Waals surface area contributed by atoms with Crippen molar-refractivity contribution in [3.8, 4) is 11.3 Å². The first kappa shape index (κ1) is 27.0. The van der Waals surface area contributed by atoms with Crippen molar-refractivity contribution in [3.05, 3.63) is 88.5 Å². The summed E-state index contributed by atoms with van der Waals surface area (Å²) in [7, 11) is 1.22. The number of esters is 1. The second-order valence-corrected chi connectivity index (χ2v) is 9.82. The maximum Gasteiger partial charge on any atom is 0.328 e. The highest BCUT2D eigenvalue weighted by Gasteiger charge is 2.29. The molecule has 2 atom stereocenters. The van der Waals surface area contributed by atoms with Crippen molar-refractivity contribution in [1.82, 2.24) is 24.8 Å². The van der Waals surface area contributed by atoms with Gasteiger partial charge in [-0.05, 0) is 62.1 Å². The topological polar surface area (TPSA) is 106 Å². The molecule has 0 aliphatic carbocycles. The van der Waals surface area contributed by atoms with Gasteiger partial charge in [-0.3, -0.25) is 9.59 Å². The van der Waals surface area contributed by atoms with Gasteiger partial charge in [-0.1, -0.05) is 31.2 Å². The SMILES string of the molecule is CCc1cc(C(=O)N2CCc3ccccc3C2C)nc2cc(-c3ccc(C(=O)NC(C)C(=O)OC)cc3F)nn12. The number of ether oxygens (including phenoxy) is 1. The highest BCUT2D eigenvalue weighted by Crippen LogP contribution is 2.31. The summed E-state index contributed by atoms with van der Waals surface area (Å²) in [5.74, 6) is -2.03. The number of aromatic nitrogens is 3. The van der Waals surface area contributed by atoms with Crippen LogP contribution in [0.1, 0.15) is 64.5 Å². The van der Waals surface area contributed by atoms with E-state index in [1.165, 1.54) is 31.7 Å². The number of carbonyl (C=O) groups is 3. The normalized spacial score (nSPS) is 15.4. The number of nitrogens with one attached hydrogen (secondary N) is 1. The van der Waals surface area contributed by atoms with Gasteiger partial charge < -0.3 is 15.0 Å². The molecule has 40 heavy (non-hydrogen) atoms. The van der Waals surface area contributed by atoms with E-state index in [2.05, 4.69) is 32.3 Å². The van der Waals surface area contributed by atoms with Crippen molar-refractivity contribution < 1.29 is 23.5 Å². The lowest BCUT2D eigenvalue weighted by atomic mass is 9.93. The van der Waals surface area contributed by atoms with Crippen molar-refractivity contribution in [1.29, 1.82) is 0 Å². The minimum atomic E-state index is -0.878. The number of fused-ring (bicyclic) bond motifs is 2. The first-order chi connectivity index (χ1) is 19.2. The Hall–Kier alpha value is -4.60. The summed E-state index contributed by atoms with van der Waals surface area (Å²) in [6.45, 7) is 6.05. The summed E-state index contributed by atoms with van der Waals surface area (Å²) in [6.07, 6.45) is 1.36. The van der Waals surface area contributed by atoms with Gasteiger partial charge in [0.2, 0.25) is 0 Å². The van der Waals surface area contributed by atoms with Crippen molar-refractivity contribution in [2.24, 2.45) is 0 Å². The van der Waals surface area contributed by atoms with Crippen molar-refractivity contribution in [2.75, 3.05) is 13.7 Å². The molecular formula is C30H30FN5O4. The van der Waals surface area contributed by atoms with Gasteiger partial charge in [-0.25, -0.2) is 18.7 Å². The highest BCUT2D eigenvalue weighted by atomic mass is 19.1. The zero-order chi connectivity index (χ0) is 28.6. The van der Waals surface area contributed by atoms with Crippen LogP contribution in [0.4, 0.5) is 4.39 Å². The molecule has 206 valence electrons. The molecule has 2 unspecified atom stereocenters. The van der Waals surface area contributed by atoms with Gasteiger partial charge in [0.05, 0.1) is 18.8 Å². The largest absolute Gasteiger partial charge is 0.467 e. The number of halogens is 1. The lowest BCUT2D eigenvalue weighted by Crippen LogP contribution is -2.39. The van der Waals surface area contributed by atoms with Gasteiger partial charge in [0.15, 0.2) is 5.65 Å². The fraction of sp³-hybridized carbons (Fsp3) is 0.300. The van der Waals surface area contributed by atoms with Crippen LogP contribution < -0.4 is 5.32 Å². The summed E-state index contributed by atoms with van der Waals surface area (Å²) in [5.41, 5.74) is 4.44. The molecule has 1 N–H and O–H groups in total. The molecule has 2 amide bonds. The molecule has 1 aliphatic rings. The highest BCUT2D eigenvalue weighted by molar-refractivity contribution is 5.97. The van der Waals surface area contributed by atoms with Crippen LogP contribution in [0.5, 0.6) is 0 Å². The molecule has 3 heterocycles. The molecule has 0 radical (unpaired) electrons. The molecule has 9 nitrogen and oxygen atoms in total. The van der Waals surface area contributed by atoms with E-state index >= 15 is 4.39 Å². The van der Waals surface area contributed by atoms with Gasteiger partial charge in [-0.2, -0.15) is 5.10 Å². The van der Waals surface area contributed by atoms with Crippen LogP contribution in [0, 0.1) is 5.82 Å². The van der Waals surface area contributed by atoms with E-state index in [1.807, 2.05) is 30.9 Å². The Balaban J connectivity index is 1.43. The van der Waals surface area contributed by atoms with E-state index in [1.54, 1.807) is 16.6 Å². The van der Waals surface area contributed by atoms with E-state index in [4.69, 9.17) is 0 Å². The molecule has 2 aromatic carbocycles. The van der Waals surface area contributed by atoms with Crippen LogP contribution in [0.3, 0.4) is 0 Å². The average Bonchev–Trinajstić information content (AvgIpc) is 3.40. The summed E-state index contributed by atoms with van der Waals surface area (Å²) in [6, 6.07) is 14.6. The molecule has 5 rings (SSSR count). The van der Waals surface area contributed by atoms with Gasteiger partial charge in [0.1, 0.15) is 17.6 Å². The fourth-order valence-corrected chi connectivity index (χ4v) is 5.11. The number of amides is 2. The Morgan fingerprint density at radius 3 is 2.65 bits per heavy atom. The Bertz CT molecular complexity index is 1630. The summed E-state index contributed by atoms with van der Waals surface area (Å²) in [4.78, 5) is 44.1. The molecule has 0 bridgehead atoms. The number of methoxy groups -OCH3 is 1. The van der Waals surface area contributed by atoms with E-state index in [0.717, 1.165) is 23.7 Å². The quantitative estimate of drug-likeness (QED) is 0.367. The molecule has 2 aromatic heterocycles. The molecule has 0 spiro atoms. The van der Waals surface area contributed by atoms with Crippen molar-refractivity contribution >= 4 is 23.4 Å². The smallest absolute Gasteiger partial charge is 0.328 e. The van der Waals surface area contributed by atoms with Gasteiger partial charge in [0, 0.05) is 29.4 Å². The maximum atomic E-state index is 15.2. The Kier molecular flexibility index (Phi) is 7.34. The molecular weight excluding hydrogens is 513 g/mol. The van der Waals surface area contributed by atoms with Crippen molar-refractivity contribution in [2.45, 2.75) is 45.7 Å². The molecule has 0 saturated heterocycles. The molecule has 0 fully saturated rings. The number of nitrogens with zero attached hydrogens (tertiary/aromatic N) is 4. The van der Waals surface area contributed by atoms with E-state index in [9.17, 15) is 14.4 Å². The van der Waals surface area contributed by atoms with Crippen LogP contribution in [0.25, 0.3) is 16.9 Å². The number of aryl methyl sites for hydroxylation is 1. The molecule has 10 heteroatoms. The Morgan fingerprint density at radius 1 is 1.15 bits per heavy atom. The van der Waals surface area contributed by atoms with Crippen molar-refractivity contribution in [3.63, 3.8) is 0 Å². The van der Waals surface area contributed by atoms with Gasteiger partial charge in [-0.15, -0.1) is 0 Å². The van der Waals surface area contributed by atoms with E-state index in [-0.39, 0.29) is 23.1 Å². The predicted octanol–water partition coefficient (Wildman–Crippen LogP) is 4.15. The average molecular weight is 544 g/mol. The predicted molar refractivity (Wildman–Crippen MR) is 146 cm³/mol. The van der Waals surface area contributed by atoms with Crippen LogP contribution in [0.2, 0.25) is 0 Å². The minimum Gasteiger partial charge on any atom is -0.467 e. The number of hydrogen-bond donors (Lipinski definition) is 1. The van der Waals surface area contributed by atoms with E-state index < -0.39 is 23.7 Å². The second kappa shape index (κ2) is 10.9. The molecule has 4 aromatic rings. The third-order valence-electron chi connectivity index (χ3n) is 7.35. The summed E-state index contributed by atoms with van der Waals surface area (Å²) in [5, 5.41) is 7.03. The summed E-state index contributed by atoms with van der Waals surface area (Å²) < 4.78 is 21.4. The zero-order valence-corrected chi connectivity index (χ0v) is 22.8. The van der Waals surface area contributed by atoms with Gasteiger partial charge >= 0.3 is 5.97 Å². The lowest BCUT2D eigenvalue weighted by molar-refractivity contribution is -0.142. The maximum absolute atomic E-state index is 15.2. The first-order valence-electron chi connectivity index (χ1n) is 13.2. The monoisotopic (exact) mass is 543 g/mol. The van der Waals surface area contributed by atoms with Crippen LogP contribution in [-0.2, 0) is 22.4 Å². The molecule has 0 saturated carbocycles. The minimum absolute atomic E-state index is 0.0539. The molecule has 1 aliphatic heterocycles. The van der Waals surface area contributed by atoms with E-state index in [0.29, 0.717) is 30.0 Å². The van der Waals surface area contributed by atoms with Crippen LogP contribution in [-0.4, -0.2) is 57.0 Å². The number of benzene rings is 2. The van der Waals surface area contributed by atoms with Crippen LogP contribution >= 0.6 is 0 Å². The number of carbonyl (C=O) groups excluding carboxylic acids is 3. The second-order valence-electron chi connectivity index (χ2n) is 9.82. The number of rotatable bonds is 6. The van der Waals surface area contributed by atoms with Crippen LogP contribution in [0.15, 0.2) is 54.6 Å². The fourth-order valence-electron chi connectivity index (χ4n) is 5.11. The third-order valence-corrected chi connectivity index (χ3v) is 7.35. The standard InChI is InChI=1S/C30H30FN5O4/c1-5-21-15-26(29(38)35-13-12-19-8-6-7-9-22(19)18(35)3)33-27-16-25(34-36(21)27)23-11-10-20(14-24(23)31)28(37)32-17(2)30(39)40-4/h6-11,14-18H,5,12-13H2,1-4H3,(H,32,37). The number of hydrogen-bond acceptors (Lipinski definition) is 6. The Morgan fingerprint density at radius 2 is 1.93 bits per heavy atom. The first-order valence-corrected chi connectivity index (χ1v) is 13.2. The summed E-state index contributed by atoms with van der Waals surface area (Å²) >= 11 is 0. The Labute approximate surface area is 231 Å². The lowest BCUT2D eigenvalue weighted by Gasteiger charge is -2.35. The third kappa shape index (κ3) is 4.92.